The summed E-state index contributed by atoms with van der Waals surface area (Å²) >= 11 is 0. The maximum absolute atomic E-state index is 8.74. The summed E-state index contributed by atoms with van der Waals surface area (Å²) in [6.07, 6.45) is 0. The maximum atomic E-state index is 8.74. The molecule has 0 fully saturated rings. The maximum Gasteiger partial charge on any atom is 0.394 e. The summed E-state index contributed by atoms with van der Waals surface area (Å²) in [6, 6.07) is 0. The normalized spacial score (nSPS) is 8.29. The summed E-state index contributed by atoms with van der Waals surface area (Å²) in [6.45, 7) is 0. The molecule has 0 unspecified atom stereocenters. The monoisotopic (exact) mass is 174 g/mol. The largest absolute Gasteiger partial charge is 0.412 e. The van der Waals surface area contributed by atoms with Gasteiger partial charge in [-0.2, -0.15) is 8.42 Å². The van der Waals surface area contributed by atoms with Gasteiger partial charge in [-0.15, -0.1) is 0 Å². The van der Waals surface area contributed by atoms with Gasteiger partial charge in [0.25, 0.3) is 0 Å². The average Bonchev–Trinajstić information content (AvgIpc) is 0.722. The summed E-state index contributed by atoms with van der Waals surface area (Å²) in [5.41, 5.74) is 0. The van der Waals surface area contributed by atoms with Gasteiger partial charge in [-0.3, -0.25) is 9.11 Å². The van der Waals surface area contributed by atoms with Gasteiger partial charge in [0.15, 0.2) is 0 Å². The molecule has 0 atom stereocenters. The summed E-state index contributed by atoms with van der Waals surface area (Å²) in [5, 5.41) is 0. The van der Waals surface area contributed by atoms with Crippen LogP contribution in [-0.2, 0) is 26.9 Å². The van der Waals surface area contributed by atoms with Crippen LogP contribution in [-0.4, -0.2) is 23.0 Å². The van der Waals surface area contributed by atoms with Gasteiger partial charge >= 0.3 is 10.4 Å². The molecule has 0 aliphatic carbocycles. The van der Waals surface area contributed by atoms with E-state index in [-0.39, 0.29) is 22.0 Å². The first kappa shape index (κ1) is 15.7. The molecule has 0 saturated carbocycles. The van der Waals surface area contributed by atoms with E-state index in [0.29, 0.717) is 0 Å². The summed E-state index contributed by atoms with van der Waals surface area (Å²) in [5.74, 6) is 0. The molecular formula is H4NiO5S. The Bertz CT molecular complexity index is 91.2. The Balaban J connectivity index is -0.0000000800. The summed E-state index contributed by atoms with van der Waals surface area (Å²) in [7, 11) is -4.67. The van der Waals surface area contributed by atoms with Gasteiger partial charge in [-0.05, 0) is 0 Å². The zero-order valence-corrected chi connectivity index (χ0v) is 4.74. The van der Waals surface area contributed by atoms with E-state index in [1.807, 2.05) is 0 Å². The van der Waals surface area contributed by atoms with Gasteiger partial charge in [-0.1, -0.05) is 0 Å². The molecule has 0 aliphatic rings. The smallest absolute Gasteiger partial charge is 0.394 e. The molecule has 7 heteroatoms. The van der Waals surface area contributed by atoms with Crippen molar-refractivity contribution in [1.82, 2.24) is 0 Å². The SMILES string of the molecule is O.O=S(=O)(O)O.[Ni]. The molecule has 0 aromatic heterocycles. The van der Waals surface area contributed by atoms with Crippen molar-refractivity contribution in [2.24, 2.45) is 0 Å². The molecule has 0 amide bonds. The van der Waals surface area contributed by atoms with E-state index >= 15 is 0 Å². The van der Waals surface area contributed by atoms with Gasteiger partial charge in [-0.25, -0.2) is 0 Å². The van der Waals surface area contributed by atoms with Crippen molar-refractivity contribution < 1.29 is 39.5 Å². The summed E-state index contributed by atoms with van der Waals surface area (Å²) in [4.78, 5) is 0. The van der Waals surface area contributed by atoms with Crippen molar-refractivity contribution in [2.75, 3.05) is 0 Å². The molecule has 0 aliphatic heterocycles. The third-order valence-electron chi connectivity index (χ3n) is 0. The van der Waals surface area contributed by atoms with Crippen molar-refractivity contribution in [3.05, 3.63) is 0 Å². The topological polar surface area (TPSA) is 106 Å². The molecule has 50 valence electrons. The van der Waals surface area contributed by atoms with Crippen LogP contribution < -0.4 is 0 Å². The molecule has 0 bridgehead atoms. The van der Waals surface area contributed by atoms with Crippen LogP contribution in [0.5, 0.6) is 0 Å². The van der Waals surface area contributed by atoms with E-state index < -0.39 is 10.4 Å². The minimum Gasteiger partial charge on any atom is -0.412 e. The molecule has 0 aromatic carbocycles. The van der Waals surface area contributed by atoms with Crippen LogP contribution >= 0.6 is 0 Å². The van der Waals surface area contributed by atoms with Crippen molar-refractivity contribution in [1.29, 1.82) is 0 Å². The molecule has 0 aromatic rings. The first-order valence-corrected chi connectivity index (χ1v) is 2.10. The Labute approximate surface area is 50.5 Å². The predicted molar refractivity (Wildman–Crippen MR) is 17.8 cm³/mol. The first-order valence-electron chi connectivity index (χ1n) is 0.698. The Morgan fingerprint density at radius 1 is 1.14 bits per heavy atom. The van der Waals surface area contributed by atoms with Crippen molar-refractivity contribution in [3.63, 3.8) is 0 Å². The number of rotatable bonds is 0. The zero-order valence-electron chi connectivity index (χ0n) is 2.94. The van der Waals surface area contributed by atoms with E-state index in [1.54, 1.807) is 0 Å². The predicted octanol–water partition coefficient (Wildman–Crippen LogP) is -1.48. The summed E-state index contributed by atoms with van der Waals surface area (Å²) < 4.78 is 31.6. The molecule has 0 heterocycles. The molecule has 5 nitrogen and oxygen atoms in total. The van der Waals surface area contributed by atoms with Gasteiger partial charge < -0.3 is 5.48 Å². The van der Waals surface area contributed by atoms with Crippen LogP contribution in [0.4, 0.5) is 0 Å². The van der Waals surface area contributed by atoms with E-state index in [0.717, 1.165) is 0 Å². The minimum atomic E-state index is -4.67. The quantitative estimate of drug-likeness (QED) is 0.345. The van der Waals surface area contributed by atoms with Crippen LogP contribution in [0.25, 0.3) is 0 Å². The molecule has 4 N–H and O–H groups in total. The molecule has 0 rings (SSSR count). The van der Waals surface area contributed by atoms with E-state index in [4.69, 9.17) is 17.5 Å². The van der Waals surface area contributed by atoms with Gasteiger partial charge in [0, 0.05) is 16.5 Å². The van der Waals surface area contributed by atoms with E-state index in [9.17, 15) is 0 Å². The van der Waals surface area contributed by atoms with Crippen LogP contribution in [0.1, 0.15) is 0 Å². The molecular weight excluding hydrogens is 171 g/mol. The van der Waals surface area contributed by atoms with Crippen LogP contribution in [0.3, 0.4) is 0 Å². The fraction of sp³-hybridized carbons (Fsp3) is 0. The minimum absolute atomic E-state index is 0. The second-order valence-electron chi connectivity index (χ2n) is 0.448. The van der Waals surface area contributed by atoms with Gasteiger partial charge in [0.2, 0.25) is 0 Å². The number of hydrogen-bond acceptors (Lipinski definition) is 2. The Morgan fingerprint density at radius 3 is 1.14 bits per heavy atom. The number of hydrogen-bond donors (Lipinski definition) is 2. The Hall–Kier alpha value is 0.324. The molecule has 7 heavy (non-hydrogen) atoms. The average molecular weight is 175 g/mol. The zero-order chi connectivity index (χ0) is 4.50. The van der Waals surface area contributed by atoms with Crippen LogP contribution in [0.15, 0.2) is 0 Å². The molecule has 0 radical (unpaired) electrons. The molecule has 0 saturated heterocycles. The second kappa shape index (κ2) is 4.48. The van der Waals surface area contributed by atoms with Crippen LogP contribution in [0.2, 0.25) is 0 Å². The fourth-order valence-corrected chi connectivity index (χ4v) is 0. The van der Waals surface area contributed by atoms with Crippen molar-refractivity contribution in [3.8, 4) is 0 Å². The first-order chi connectivity index (χ1) is 2.00. The Morgan fingerprint density at radius 2 is 1.14 bits per heavy atom. The molecule has 0 spiro atoms. The van der Waals surface area contributed by atoms with E-state index in [1.165, 1.54) is 0 Å². The van der Waals surface area contributed by atoms with Crippen molar-refractivity contribution >= 4 is 10.4 Å². The van der Waals surface area contributed by atoms with Crippen LogP contribution in [0, 0.1) is 0 Å². The third kappa shape index (κ3) is 1130. The third-order valence-corrected chi connectivity index (χ3v) is 0. The Kier molecular flexibility index (Phi) is 10.0. The van der Waals surface area contributed by atoms with Crippen molar-refractivity contribution in [2.45, 2.75) is 0 Å². The van der Waals surface area contributed by atoms with Gasteiger partial charge in [0.05, 0.1) is 0 Å². The van der Waals surface area contributed by atoms with E-state index in [2.05, 4.69) is 0 Å². The standard InChI is InChI=1S/Ni.H2O4S.H2O/c;1-5(2,3)4;/h;(H2,1,2,3,4);1H2. The fourth-order valence-electron chi connectivity index (χ4n) is 0. The second-order valence-corrected chi connectivity index (χ2v) is 1.34. The van der Waals surface area contributed by atoms with Gasteiger partial charge in [0.1, 0.15) is 0 Å².